The summed E-state index contributed by atoms with van der Waals surface area (Å²) in [6, 6.07) is 0. The third kappa shape index (κ3) is 1.30. The summed E-state index contributed by atoms with van der Waals surface area (Å²) in [5, 5.41) is -0.148. The van der Waals surface area contributed by atoms with Crippen LogP contribution in [-0.4, -0.2) is 24.2 Å². The Balaban J connectivity index is 1.72. The SMILES string of the molecule is CC(F)(F)C12CC(B3OC(C)(C)C(C)(C)O3)(C1)C2. The molecule has 3 saturated carbocycles. The standard InChI is InChI=1S/C13H21BF2O2/c1-9(2)10(3,4)18-14(17-9)13-6-12(7-13,8-13)11(5,15)16/h6-8H2,1-5H3. The van der Waals surface area contributed by atoms with Crippen LogP contribution in [0, 0.1) is 5.41 Å². The van der Waals surface area contributed by atoms with E-state index in [1.165, 1.54) is 0 Å². The fourth-order valence-electron chi connectivity index (χ4n) is 3.68. The molecule has 2 nitrogen and oxygen atoms in total. The number of rotatable bonds is 2. The Labute approximate surface area is 108 Å². The maximum Gasteiger partial charge on any atom is 0.464 e. The van der Waals surface area contributed by atoms with E-state index in [-0.39, 0.29) is 23.6 Å². The maximum absolute atomic E-state index is 13.5. The first-order valence-electron chi connectivity index (χ1n) is 6.67. The molecule has 0 unspecified atom stereocenters. The first kappa shape index (κ1) is 12.9. The molecule has 0 N–H and O–H groups in total. The zero-order chi connectivity index (χ0) is 13.6. The molecule has 18 heavy (non-hydrogen) atoms. The molecule has 0 atom stereocenters. The molecule has 0 spiro atoms. The van der Waals surface area contributed by atoms with E-state index in [1.54, 1.807) is 0 Å². The van der Waals surface area contributed by atoms with Crippen molar-refractivity contribution in [1.29, 1.82) is 0 Å². The summed E-state index contributed by atoms with van der Waals surface area (Å²) in [5.74, 6) is -2.57. The molecule has 0 aromatic rings. The van der Waals surface area contributed by atoms with Gasteiger partial charge in [-0.3, -0.25) is 0 Å². The fraction of sp³-hybridized carbons (Fsp3) is 1.00. The van der Waals surface area contributed by atoms with Crippen LogP contribution in [0.15, 0.2) is 0 Å². The van der Waals surface area contributed by atoms with E-state index in [0.29, 0.717) is 19.3 Å². The molecule has 1 aliphatic heterocycles. The molecule has 4 fully saturated rings. The van der Waals surface area contributed by atoms with E-state index in [0.717, 1.165) is 6.92 Å². The van der Waals surface area contributed by atoms with Crippen molar-refractivity contribution in [2.45, 2.75) is 76.3 Å². The van der Waals surface area contributed by atoms with Gasteiger partial charge in [0.2, 0.25) is 0 Å². The third-order valence-corrected chi connectivity index (χ3v) is 5.76. The van der Waals surface area contributed by atoms with E-state index in [4.69, 9.17) is 9.31 Å². The molecule has 1 heterocycles. The van der Waals surface area contributed by atoms with Crippen molar-refractivity contribution in [2.75, 3.05) is 0 Å². The number of alkyl halides is 2. The molecule has 3 aliphatic carbocycles. The van der Waals surface area contributed by atoms with E-state index >= 15 is 0 Å². The third-order valence-electron chi connectivity index (χ3n) is 5.76. The molecule has 102 valence electrons. The summed E-state index contributed by atoms with van der Waals surface area (Å²) in [4.78, 5) is 0. The van der Waals surface area contributed by atoms with Gasteiger partial charge in [0.15, 0.2) is 0 Å². The highest BCUT2D eigenvalue weighted by atomic mass is 19.3. The van der Waals surface area contributed by atoms with Crippen LogP contribution in [0.1, 0.15) is 53.9 Å². The largest absolute Gasteiger partial charge is 0.464 e. The smallest absolute Gasteiger partial charge is 0.403 e. The van der Waals surface area contributed by atoms with Crippen molar-refractivity contribution in [3.05, 3.63) is 0 Å². The van der Waals surface area contributed by atoms with E-state index in [2.05, 4.69) is 0 Å². The lowest BCUT2D eigenvalue weighted by Crippen LogP contribution is -2.69. The molecule has 2 bridgehead atoms. The van der Waals surface area contributed by atoms with Gasteiger partial charge >= 0.3 is 7.12 Å². The van der Waals surface area contributed by atoms with Crippen molar-refractivity contribution in [1.82, 2.24) is 0 Å². The monoisotopic (exact) mass is 258 g/mol. The minimum absolute atomic E-state index is 0.148. The molecule has 0 aromatic carbocycles. The van der Waals surface area contributed by atoms with Crippen molar-refractivity contribution >= 4 is 7.12 Å². The van der Waals surface area contributed by atoms with Crippen LogP contribution in [-0.2, 0) is 9.31 Å². The normalized spacial score (nSPS) is 44.5. The van der Waals surface area contributed by atoms with Crippen molar-refractivity contribution in [3.63, 3.8) is 0 Å². The van der Waals surface area contributed by atoms with Crippen molar-refractivity contribution < 1.29 is 18.1 Å². The summed E-state index contributed by atoms with van der Waals surface area (Å²) in [7, 11) is -0.313. The quantitative estimate of drug-likeness (QED) is 0.704. The van der Waals surface area contributed by atoms with Crippen LogP contribution in [0.3, 0.4) is 0 Å². The molecular weight excluding hydrogens is 237 g/mol. The maximum atomic E-state index is 13.5. The second-order valence-electron chi connectivity index (χ2n) is 7.65. The molecule has 4 rings (SSSR count). The highest BCUT2D eigenvalue weighted by Gasteiger charge is 2.81. The van der Waals surface area contributed by atoms with Crippen LogP contribution < -0.4 is 0 Å². The summed E-state index contributed by atoms with van der Waals surface area (Å²) in [5.41, 5.74) is -1.50. The van der Waals surface area contributed by atoms with Crippen LogP contribution in [0.5, 0.6) is 0 Å². The molecule has 4 aliphatic rings. The van der Waals surface area contributed by atoms with Crippen LogP contribution >= 0.6 is 0 Å². The fourth-order valence-corrected chi connectivity index (χ4v) is 3.68. The minimum atomic E-state index is -2.57. The van der Waals surface area contributed by atoms with Crippen LogP contribution in [0.25, 0.3) is 0 Å². The predicted octanol–water partition coefficient (Wildman–Crippen LogP) is 3.66. The average molecular weight is 258 g/mol. The topological polar surface area (TPSA) is 18.5 Å². The molecule has 1 saturated heterocycles. The first-order chi connectivity index (χ1) is 7.93. The van der Waals surface area contributed by atoms with Crippen molar-refractivity contribution in [3.8, 4) is 0 Å². The van der Waals surface area contributed by atoms with Gasteiger partial charge in [-0.15, -0.1) is 0 Å². The first-order valence-corrected chi connectivity index (χ1v) is 6.67. The Morgan fingerprint density at radius 1 is 0.944 bits per heavy atom. The zero-order valence-electron chi connectivity index (χ0n) is 11.8. The van der Waals surface area contributed by atoms with Gasteiger partial charge in [0, 0.05) is 10.7 Å². The summed E-state index contributed by atoms with van der Waals surface area (Å²) < 4.78 is 38.9. The molecule has 5 heteroatoms. The van der Waals surface area contributed by atoms with E-state index in [9.17, 15) is 8.78 Å². The highest BCUT2D eigenvalue weighted by Crippen LogP contribution is 2.84. The second kappa shape index (κ2) is 2.95. The lowest BCUT2D eigenvalue weighted by atomic mass is 9.23. The van der Waals surface area contributed by atoms with Gasteiger partial charge in [-0.05, 0) is 53.9 Å². The van der Waals surface area contributed by atoms with Gasteiger partial charge in [-0.25, -0.2) is 8.78 Å². The highest BCUT2D eigenvalue weighted by molar-refractivity contribution is 6.51. The van der Waals surface area contributed by atoms with Crippen LogP contribution in [0.4, 0.5) is 8.78 Å². The number of hydrogen-bond acceptors (Lipinski definition) is 2. The van der Waals surface area contributed by atoms with Gasteiger partial charge in [-0.1, -0.05) is 0 Å². The summed E-state index contributed by atoms with van der Waals surface area (Å²) in [6.07, 6.45) is 1.63. The Kier molecular flexibility index (Phi) is 2.11. The van der Waals surface area contributed by atoms with Crippen LogP contribution in [0.2, 0.25) is 5.31 Å². The van der Waals surface area contributed by atoms with Gasteiger partial charge in [0.05, 0.1) is 11.2 Å². The van der Waals surface area contributed by atoms with E-state index in [1.807, 2.05) is 27.7 Å². The predicted molar refractivity (Wildman–Crippen MR) is 65.7 cm³/mol. The lowest BCUT2D eigenvalue weighted by molar-refractivity contribution is -0.253. The Morgan fingerprint density at radius 2 is 1.33 bits per heavy atom. The molecule has 0 radical (unpaired) electrons. The van der Waals surface area contributed by atoms with Crippen molar-refractivity contribution in [2.24, 2.45) is 5.41 Å². The second-order valence-corrected chi connectivity index (χ2v) is 7.65. The molecule has 0 aromatic heterocycles. The van der Waals surface area contributed by atoms with Gasteiger partial charge in [0.1, 0.15) is 0 Å². The lowest BCUT2D eigenvalue weighted by Gasteiger charge is -2.72. The van der Waals surface area contributed by atoms with Gasteiger partial charge in [0.25, 0.3) is 5.92 Å². The average Bonchev–Trinajstić information content (AvgIpc) is 2.10. The zero-order valence-corrected chi connectivity index (χ0v) is 11.8. The minimum Gasteiger partial charge on any atom is -0.403 e. The Hall–Kier alpha value is -0.155. The van der Waals surface area contributed by atoms with Gasteiger partial charge < -0.3 is 9.31 Å². The summed E-state index contributed by atoms with van der Waals surface area (Å²) in [6.45, 7) is 9.05. The molecular formula is C13H21BF2O2. The van der Waals surface area contributed by atoms with E-state index < -0.39 is 11.3 Å². The Morgan fingerprint density at radius 3 is 1.67 bits per heavy atom. The molecule has 0 amide bonds. The summed E-state index contributed by atoms with van der Waals surface area (Å²) >= 11 is 0. The number of halogens is 2. The Bertz CT molecular complexity index is 365. The van der Waals surface area contributed by atoms with Gasteiger partial charge in [-0.2, -0.15) is 0 Å². The number of hydrogen-bond donors (Lipinski definition) is 0.